The predicted octanol–water partition coefficient (Wildman–Crippen LogP) is 0.471. The number of esters is 1. The molecule has 0 aromatic carbocycles. The number of ether oxygens (including phenoxy) is 1. The van der Waals surface area contributed by atoms with E-state index in [1.54, 1.807) is 23.6 Å². The van der Waals surface area contributed by atoms with Crippen molar-refractivity contribution < 1.29 is 14.3 Å². The smallest absolute Gasteiger partial charge is 0.329 e. The molecule has 0 aromatic rings. The third-order valence-corrected chi connectivity index (χ3v) is 2.86. The molecule has 74 valence electrons. The maximum absolute atomic E-state index is 11.3. The Morgan fingerprint density at radius 2 is 2.31 bits per heavy atom. The fourth-order valence-corrected chi connectivity index (χ4v) is 2.39. The van der Waals surface area contributed by atoms with Crippen LogP contribution in [0.15, 0.2) is 0 Å². The molecule has 1 rings (SSSR count). The van der Waals surface area contributed by atoms with Crippen LogP contribution in [0.2, 0.25) is 0 Å². The standard InChI is InChI=1S/C8H13NO3S/c1-3-12-8(11)7-4-13-5-9(7)6(2)10/h7H,3-5H2,1-2H3. The molecule has 0 bridgehead atoms. The van der Waals surface area contributed by atoms with E-state index in [4.69, 9.17) is 4.74 Å². The Bertz CT molecular complexity index is 219. The highest BCUT2D eigenvalue weighted by atomic mass is 32.2. The molecule has 1 aliphatic heterocycles. The molecule has 1 aliphatic rings. The topological polar surface area (TPSA) is 46.6 Å². The molecule has 1 unspecified atom stereocenters. The molecule has 13 heavy (non-hydrogen) atoms. The van der Waals surface area contributed by atoms with E-state index in [9.17, 15) is 9.59 Å². The zero-order valence-corrected chi connectivity index (χ0v) is 8.60. The van der Waals surface area contributed by atoms with Crippen molar-refractivity contribution in [3.63, 3.8) is 0 Å². The molecule has 4 nitrogen and oxygen atoms in total. The van der Waals surface area contributed by atoms with Gasteiger partial charge in [-0.3, -0.25) is 4.79 Å². The molecule has 0 aliphatic carbocycles. The van der Waals surface area contributed by atoms with Gasteiger partial charge in [0.15, 0.2) is 0 Å². The highest BCUT2D eigenvalue weighted by molar-refractivity contribution is 7.99. The second-order valence-corrected chi connectivity index (χ2v) is 3.76. The fraction of sp³-hybridized carbons (Fsp3) is 0.750. The normalized spacial score (nSPS) is 21.7. The summed E-state index contributed by atoms with van der Waals surface area (Å²) in [5, 5.41) is 0. The van der Waals surface area contributed by atoms with Gasteiger partial charge in [-0.15, -0.1) is 11.8 Å². The Labute approximate surface area is 81.6 Å². The maximum atomic E-state index is 11.3. The molecular formula is C8H13NO3S. The van der Waals surface area contributed by atoms with Crippen molar-refractivity contribution in [3.05, 3.63) is 0 Å². The molecule has 1 fully saturated rings. The van der Waals surface area contributed by atoms with E-state index in [0.717, 1.165) is 0 Å². The van der Waals surface area contributed by atoms with Crippen molar-refractivity contribution >= 4 is 23.6 Å². The molecule has 1 amide bonds. The van der Waals surface area contributed by atoms with Crippen molar-refractivity contribution in [2.24, 2.45) is 0 Å². The van der Waals surface area contributed by atoms with E-state index >= 15 is 0 Å². The largest absolute Gasteiger partial charge is 0.464 e. The Kier molecular flexibility index (Phi) is 3.59. The molecule has 5 heteroatoms. The van der Waals surface area contributed by atoms with Crippen LogP contribution in [-0.2, 0) is 14.3 Å². The number of carbonyl (C=O) groups is 2. The van der Waals surface area contributed by atoms with Gasteiger partial charge >= 0.3 is 5.97 Å². The average Bonchev–Trinajstić information content (AvgIpc) is 2.52. The van der Waals surface area contributed by atoms with Crippen LogP contribution in [0.5, 0.6) is 0 Å². The first-order valence-corrected chi connectivity index (χ1v) is 5.34. The van der Waals surface area contributed by atoms with Crippen LogP contribution in [0.3, 0.4) is 0 Å². The second kappa shape index (κ2) is 4.50. The Morgan fingerprint density at radius 1 is 1.62 bits per heavy atom. The number of carbonyl (C=O) groups excluding carboxylic acids is 2. The maximum Gasteiger partial charge on any atom is 0.329 e. The summed E-state index contributed by atoms with van der Waals surface area (Å²) in [4.78, 5) is 23.9. The summed E-state index contributed by atoms with van der Waals surface area (Å²) in [6.45, 7) is 3.60. The van der Waals surface area contributed by atoms with Gasteiger partial charge in [-0.1, -0.05) is 0 Å². The molecule has 0 aromatic heterocycles. The summed E-state index contributed by atoms with van der Waals surface area (Å²) in [6, 6.07) is -0.373. The van der Waals surface area contributed by atoms with E-state index in [1.807, 2.05) is 0 Å². The number of hydrogen-bond acceptors (Lipinski definition) is 4. The van der Waals surface area contributed by atoms with Crippen LogP contribution in [0, 0.1) is 0 Å². The van der Waals surface area contributed by atoms with Crippen molar-refractivity contribution in [1.82, 2.24) is 4.90 Å². The Balaban J connectivity index is 2.57. The van der Waals surface area contributed by atoms with Gasteiger partial charge in [0.2, 0.25) is 5.91 Å². The average molecular weight is 203 g/mol. The predicted molar refractivity (Wildman–Crippen MR) is 50.3 cm³/mol. The minimum absolute atomic E-state index is 0.0666. The van der Waals surface area contributed by atoms with Gasteiger partial charge in [-0.05, 0) is 6.92 Å². The molecule has 0 radical (unpaired) electrons. The van der Waals surface area contributed by atoms with E-state index in [1.165, 1.54) is 6.92 Å². The van der Waals surface area contributed by atoms with Crippen molar-refractivity contribution in [2.45, 2.75) is 19.9 Å². The van der Waals surface area contributed by atoms with Gasteiger partial charge < -0.3 is 9.64 Å². The SMILES string of the molecule is CCOC(=O)C1CSCN1C(C)=O. The van der Waals surface area contributed by atoms with Crippen molar-refractivity contribution in [3.8, 4) is 0 Å². The first-order valence-electron chi connectivity index (χ1n) is 4.18. The van der Waals surface area contributed by atoms with E-state index in [-0.39, 0.29) is 17.9 Å². The third kappa shape index (κ3) is 2.37. The minimum atomic E-state index is -0.373. The summed E-state index contributed by atoms with van der Waals surface area (Å²) < 4.78 is 4.86. The Hall–Kier alpha value is -0.710. The van der Waals surface area contributed by atoms with Crippen LogP contribution < -0.4 is 0 Å². The molecule has 1 atom stereocenters. The van der Waals surface area contributed by atoms with Gasteiger partial charge in [-0.25, -0.2) is 4.79 Å². The lowest BCUT2D eigenvalue weighted by molar-refractivity contribution is -0.151. The monoisotopic (exact) mass is 203 g/mol. The van der Waals surface area contributed by atoms with Crippen molar-refractivity contribution in [1.29, 1.82) is 0 Å². The van der Waals surface area contributed by atoms with E-state index in [0.29, 0.717) is 18.2 Å². The number of amides is 1. The first-order chi connectivity index (χ1) is 6.16. The van der Waals surface area contributed by atoms with Gasteiger partial charge in [0.05, 0.1) is 12.5 Å². The lowest BCUT2D eigenvalue weighted by Crippen LogP contribution is -2.41. The lowest BCUT2D eigenvalue weighted by atomic mass is 10.3. The summed E-state index contributed by atoms with van der Waals surface area (Å²) in [5.74, 6) is 0.891. The van der Waals surface area contributed by atoms with Crippen LogP contribution in [-0.4, -0.2) is 41.1 Å². The summed E-state index contributed by atoms with van der Waals surface area (Å²) in [6.07, 6.45) is 0. The quantitative estimate of drug-likeness (QED) is 0.612. The molecule has 0 saturated carbocycles. The first kappa shape index (κ1) is 10.4. The molecule has 1 saturated heterocycles. The number of hydrogen-bond donors (Lipinski definition) is 0. The summed E-state index contributed by atoms with van der Waals surface area (Å²) in [5.41, 5.74) is 0. The zero-order chi connectivity index (χ0) is 9.84. The molecular weight excluding hydrogens is 190 g/mol. The van der Waals surface area contributed by atoms with Gasteiger partial charge in [0.25, 0.3) is 0 Å². The van der Waals surface area contributed by atoms with Crippen LogP contribution >= 0.6 is 11.8 Å². The van der Waals surface area contributed by atoms with Crippen LogP contribution in [0.4, 0.5) is 0 Å². The highest BCUT2D eigenvalue weighted by Crippen LogP contribution is 2.21. The van der Waals surface area contributed by atoms with E-state index in [2.05, 4.69) is 0 Å². The highest BCUT2D eigenvalue weighted by Gasteiger charge is 2.33. The summed E-state index contributed by atoms with van der Waals surface area (Å²) >= 11 is 1.58. The fourth-order valence-electron chi connectivity index (χ4n) is 1.19. The van der Waals surface area contributed by atoms with E-state index < -0.39 is 0 Å². The third-order valence-electron chi connectivity index (χ3n) is 1.85. The van der Waals surface area contributed by atoms with Crippen LogP contribution in [0.25, 0.3) is 0 Å². The van der Waals surface area contributed by atoms with Gasteiger partial charge in [-0.2, -0.15) is 0 Å². The summed E-state index contributed by atoms with van der Waals surface area (Å²) in [7, 11) is 0. The number of rotatable bonds is 2. The minimum Gasteiger partial charge on any atom is -0.464 e. The Morgan fingerprint density at radius 3 is 2.85 bits per heavy atom. The molecule has 0 spiro atoms. The number of nitrogens with zero attached hydrogens (tertiary/aromatic N) is 1. The van der Waals surface area contributed by atoms with Crippen LogP contribution in [0.1, 0.15) is 13.8 Å². The number of thioether (sulfide) groups is 1. The molecule has 0 N–H and O–H groups in total. The van der Waals surface area contributed by atoms with Crippen molar-refractivity contribution in [2.75, 3.05) is 18.2 Å². The second-order valence-electron chi connectivity index (χ2n) is 2.76. The van der Waals surface area contributed by atoms with Gasteiger partial charge in [0, 0.05) is 12.7 Å². The van der Waals surface area contributed by atoms with Gasteiger partial charge in [0.1, 0.15) is 6.04 Å². The molecule has 1 heterocycles. The lowest BCUT2D eigenvalue weighted by Gasteiger charge is -2.20. The zero-order valence-electron chi connectivity index (χ0n) is 7.78.